The van der Waals surface area contributed by atoms with Crippen LogP contribution in [0.15, 0.2) is 23.1 Å². The number of H-pyrrole nitrogens is 1. The van der Waals surface area contributed by atoms with Crippen LogP contribution in [0.4, 0.5) is 0 Å². The molecule has 0 aliphatic carbocycles. The topological polar surface area (TPSA) is 99.3 Å². The van der Waals surface area contributed by atoms with E-state index in [1.807, 2.05) is 0 Å². The van der Waals surface area contributed by atoms with E-state index in [4.69, 9.17) is 5.11 Å². The number of aromatic amines is 1. The fourth-order valence-corrected chi connectivity index (χ4v) is 1.46. The monoisotopic (exact) mass is 252 g/mol. The van der Waals surface area contributed by atoms with Gasteiger partial charge in [-0.2, -0.15) is 0 Å². The molecule has 0 aliphatic rings. The molecule has 1 heterocycles. The molecule has 98 valence electrons. The number of carboxylic acids is 1. The van der Waals surface area contributed by atoms with E-state index in [2.05, 4.69) is 10.3 Å². The van der Waals surface area contributed by atoms with Crippen molar-refractivity contribution in [3.8, 4) is 0 Å². The number of aromatic nitrogens is 1. The quantitative estimate of drug-likeness (QED) is 0.733. The molecule has 6 heteroatoms. The molecule has 1 atom stereocenters. The molecule has 6 nitrogen and oxygen atoms in total. The number of rotatable bonds is 3. The fourth-order valence-electron chi connectivity index (χ4n) is 1.46. The average molecular weight is 252 g/mol. The van der Waals surface area contributed by atoms with Gasteiger partial charge in [-0.25, -0.2) is 4.79 Å². The molecule has 0 aromatic carbocycles. The number of carboxylic acid groups (broad SMARTS) is 1. The van der Waals surface area contributed by atoms with Gasteiger partial charge in [0, 0.05) is 6.20 Å². The molecule has 1 rings (SSSR count). The van der Waals surface area contributed by atoms with Gasteiger partial charge in [0.1, 0.15) is 11.6 Å². The highest BCUT2D eigenvalue weighted by atomic mass is 16.4. The summed E-state index contributed by atoms with van der Waals surface area (Å²) in [5, 5.41) is 11.4. The van der Waals surface area contributed by atoms with Gasteiger partial charge in [-0.05, 0) is 17.5 Å². The Balaban J connectivity index is 2.97. The van der Waals surface area contributed by atoms with E-state index >= 15 is 0 Å². The number of aliphatic carboxylic acids is 1. The lowest BCUT2D eigenvalue weighted by molar-refractivity contribution is -0.142. The van der Waals surface area contributed by atoms with Gasteiger partial charge in [-0.1, -0.05) is 20.8 Å². The highest BCUT2D eigenvalue weighted by molar-refractivity contribution is 5.96. The summed E-state index contributed by atoms with van der Waals surface area (Å²) in [5.74, 6) is -1.83. The Bertz CT molecular complexity index is 513. The van der Waals surface area contributed by atoms with Crippen molar-refractivity contribution in [2.45, 2.75) is 26.8 Å². The lowest BCUT2D eigenvalue weighted by atomic mass is 9.86. The van der Waals surface area contributed by atoms with Crippen LogP contribution in [0.25, 0.3) is 0 Å². The molecule has 0 aliphatic heterocycles. The summed E-state index contributed by atoms with van der Waals surface area (Å²) < 4.78 is 0. The summed E-state index contributed by atoms with van der Waals surface area (Å²) in [6.07, 6.45) is 1.40. The summed E-state index contributed by atoms with van der Waals surface area (Å²) in [7, 11) is 0. The van der Waals surface area contributed by atoms with Gasteiger partial charge in [-0.15, -0.1) is 0 Å². The minimum atomic E-state index is -1.14. The molecule has 0 saturated carbocycles. The lowest BCUT2D eigenvalue weighted by Gasteiger charge is -2.27. The summed E-state index contributed by atoms with van der Waals surface area (Å²) in [5.41, 5.74) is -1.30. The standard InChI is InChI=1S/C12H16N2O4/c1-12(2,3)8(11(17)18)14-10(16)7-5-4-6-13-9(7)15/h4-6,8H,1-3H3,(H,13,15)(H,14,16)(H,17,18)/t8-/m1/s1. The zero-order valence-electron chi connectivity index (χ0n) is 10.5. The fraction of sp³-hybridized carbons (Fsp3) is 0.417. The number of amides is 1. The third kappa shape index (κ3) is 3.19. The molecule has 0 radical (unpaired) electrons. The van der Waals surface area contributed by atoms with Gasteiger partial charge >= 0.3 is 5.97 Å². The van der Waals surface area contributed by atoms with Crippen LogP contribution in [-0.2, 0) is 4.79 Å². The molecule has 0 saturated heterocycles. The van der Waals surface area contributed by atoms with Gasteiger partial charge in [-0.3, -0.25) is 9.59 Å². The summed E-state index contributed by atoms with van der Waals surface area (Å²) in [6, 6.07) is 1.78. The van der Waals surface area contributed by atoms with Crippen molar-refractivity contribution in [1.82, 2.24) is 10.3 Å². The molecule has 0 spiro atoms. The van der Waals surface area contributed by atoms with Crippen LogP contribution < -0.4 is 10.9 Å². The Morgan fingerprint density at radius 2 is 2.00 bits per heavy atom. The maximum absolute atomic E-state index is 11.8. The first-order valence-corrected chi connectivity index (χ1v) is 5.45. The van der Waals surface area contributed by atoms with Gasteiger partial charge < -0.3 is 15.4 Å². The Kier molecular flexibility index (Phi) is 3.90. The average Bonchev–Trinajstić information content (AvgIpc) is 2.24. The number of carbonyl (C=O) groups excluding carboxylic acids is 1. The molecular weight excluding hydrogens is 236 g/mol. The van der Waals surface area contributed by atoms with E-state index in [9.17, 15) is 14.4 Å². The molecule has 3 N–H and O–H groups in total. The molecule has 1 aromatic heterocycles. The second-order valence-corrected chi connectivity index (χ2v) is 5.02. The summed E-state index contributed by atoms with van der Waals surface area (Å²) in [4.78, 5) is 36.7. The minimum Gasteiger partial charge on any atom is -0.480 e. The zero-order chi connectivity index (χ0) is 13.9. The van der Waals surface area contributed by atoms with Crippen LogP contribution in [-0.4, -0.2) is 28.0 Å². The first-order chi connectivity index (χ1) is 8.23. The van der Waals surface area contributed by atoms with E-state index in [1.54, 1.807) is 20.8 Å². The predicted molar refractivity (Wildman–Crippen MR) is 65.4 cm³/mol. The van der Waals surface area contributed by atoms with Crippen molar-refractivity contribution in [2.75, 3.05) is 0 Å². The lowest BCUT2D eigenvalue weighted by Crippen LogP contribution is -2.49. The molecule has 0 unspecified atom stereocenters. The first kappa shape index (κ1) is 14.0. The molecule has 18 heavy (non-hydrogen) atoms. The van der Waals surface area contributed by atoms with Crippen molar-refractivity contribution in [3.05, 3.63) is 34.2 Å². The Morgan fingerprint density at radius 1 is 1.39 bits per heavy atom. The summed E-state index contributed by atoms with van der Waals surface area (Å²) >= 11 is 0. The van der Waals surface area contributed by atoms with E-state index in [1.165, 1.54) is 18.3 Å². The third-order valence-electron chi connectivity index (χ3n) is 2.45. The molecule has 1 aromatic rings. The Labute approximate surface area is 104 Å². The minimum absolute atomic E-state index is 0.104. The van der Waals surface area contributed by atoms with E-state index < -0.39 is 28.9 Å². The second-order valence-electron chi connectivity index (χ2n) is 5.02. The van der Waals surface area contributed by atoms with Crippen LogP contribution in [0, 0.1) is 5.41 Å². The zero-order valence-corrected chi connectivity index (χ0v) is 10.5. The maximum atomic E-state index is 11.8. The second kappa shape index (κ2) is 5.03. The van der Waals surface area contributed by atoms with Gasteiger partial charge in [0.05, 0.1) is 0 Å². The van der Waals surface area contributed by atoms with E-state index in [0.29, 0.717) is 0 Å². The van der Waals surface area contributed by atoms with Crippen LogP contribution in [0.2, 0.25) is 0 Å². The van der Waals surface area contributed by atoms with Gasteiger partial charge in [0.25, 0.3) is 11.5 Å². The van der Waals surface area contributed by atoms with Crippen molar-refractivity contribution >= 4 is 11.9 Å². The third-order valence-corrected chi connectivity index (χ3v) is 2.45. The smallest absolute Gasteiger partial charge is 0.326 e. The Hall–Kier alpha value is -2.11. The molecule has 0 bridgehead atoms. The Morgan fingerprint density at radius 3 is 2.44 bits per heavy atom. The van der Waals surface area contributed by atoms with E-state index in [-0.39, 0.29) is 5.56 Å². The highest BCUT2D eigenvalue weighted by Crippen LogP contribution is 2.19. The number of carbonyl (C=O) groups is 2. The van der Waals surface area contributed by atoms with Gasteiger partial charge in [0.2, 0.25) is 0 Å². The molecule has 1 amide bonds. The first-order valence-electron chi connectivity index (χ1n) is 5.45. The summed E-state index contributed by atoms with van der Waals surface area (Å²) in [6.45, 7) is 5.09. The van der Waals surface area contributed by atoms with Crippen molar-refractivity contribution in [2.24, 2.45) is 5.41 Å². The molecule has 0 fully saturated rings. The number of hydrogen-bond acceptors (Lipinski definition) is 3. The van der Waals surface area contributed by atoms with E-state index in [0.717, 1.165) is 0 Å². The number of nitrogens with one attached hydrogen (secondary N) is 2. The van der Waals surface area contributed by atoms with Crippen molar-refractivity contribution < 1.29 is 14.7 Å². The SMILES string of the molecule is CC(C)(C)[C@H](NC(=O)c1ccc[nH]c1=O)C(=O)O. The maximum Gasteiger partial charge on any atom is 0.326 e. The predicted octanol–water partition coefficient (Wildman–Crippen LogP) is 0.604. The van der Waals surface area contributed by atoms with Crippen LogP contribution in [0.1, 0.15) is 31.1 Å². The number of hydrogen-bond donors (Lipinski definition) is 3. The number of pyridine rings is 1. The largest absolute Gasteiger partial charge is 0.480 e. The molecular formula is C12H16N2O4. The van der Waals surface area contributed by atoms with Crippen molar-refractivity contribution in [1.29, 1.82) is 0 Å². The van der Waals surface area contributed by atoms with Crippen LogP contribution in [0.5, 0.6) is 0 Å². The van der Waals surface area contributed by atoms with Crippen molar-refractivity contribution in [3.63, 3.8) is 0 Å². The highest BCUT2D eigenvalue weighted by Gasteiger charge is 2.33. The van der Waals surface area contributed by atoms with Crippen LogP contribution in [0.3, 0.4) is 0 Å². The normalized spacial score (nSPS) is 12.8. The van der Waals surface area contributed by atoms with Crippen LogP contribution >= 0.6 is 0 Å². The van der Waals surface area contributed by atoms with Gasteiger partial charge in [0.15, 0.2) is 0 Å².